The van der Waals surface area contributed by atoms with E-state index in [4.69, 9.17) is 4.55 Å². The van der Waals surface area contributed by atoms with Crippen LogP contribution in [0.15, 0.2) is 0 Å². The van der Waals surface area contributed by atoms with Gasteiger partial charge in [0.2, 0.25) is 5.91 Å². The van der Waals surface area contributed by atoms with Gasteiger partial charge in [0.05, 0.1) is 38.5 Å². The highest BCUT2D eigenvalue weighted by Gasteiger charge is 2.23. The Morgan fingerprint density at radius 2 is 1.75 bits per heavy atom. The SMILES string of the molecule is CC[N+](CC)(CCCS(=O)(=O)O)CCNC(=O)C(C)C. The molecular formula is C13H29N2O4S+. The van der Waals surface area contributed by atoms with Gasteiger partial charge in [0.25, 0.3) is 10.1 Å². The van der Waals surface area contributed by atoms with Crippen LogP contribution in [0.5, 0.6) is 0 Å². The van der Waals surface area contributed by atoms with Crippen LogP contribution in [0.1, 0.15) is 34.1 Å². The summed E-state index contributed by atoms with van der Waals surface area (Å²) in [4.78, 5) is 11.5. The summed E-state index contributed by atoms with van der Waals surface area (Å²) >= 11 is 0. The largest absolute Gasteiger partial charge is 0.350 e. The lowest BCUT2D eigenvalue weighted by Crippen LogP contribution is -2.52. The van der Waals surface area contributed by atoms with Gasteiger partial charge in [0.15, 0.2) is 0 Å². The van der Waals surface area contributed by atoms with Gasteiger partial charge in [-0.3, -0.25) is 9.35 Å². The van der Waals surface area contributed by atoms with Crippen LogP contribution < -0.4 is 5.32 Å². The molecule has 20 heavy (non-hydrogen) atoms. The Kier molecular flexibility index (Phi) is 8.30. The van der Waals surface area contributed by atoms with Crippen molar-refractivity contribution in [2.45, 2.75) is 34.1 Å². The molecule has 0 heterocycles. The molecule has 0 bridgehead atoms. The average molecular weight is 309 g/mol. The second kappa shape index (κ2) is 8.59. The molecular weight excluding hydrogens is 280 g/mol. The molecule has 0 aliphatic carbocycles. The van der Waals surface area contributed by atoms with E-state index in [0.717, 1.165) is 24.1 Å². The summed E-state index contributed by atoms with van der Waals surface area (Å²) in [6.45, 7) is 11.6. The first-order chi connectivity index (χ1) is 9.16. The number of nitrogens with one attached hydrogen (secondary N) is 1. The number of likely N-dealkylation sites (N-methyl/N-ethyl adjacent to an activating group) is 1. The van der Waals surface area contributed by atoms with Crippen LogP contribution in [-0.4, -0.2) is 61.8 Å². The van der Waals surface area contributed by atoms with E-state index >= 15 is 0 Å². The van der Waals surface area contributed by atoms with Gasteiger partial charge in [-0.05, 0) is 13.8 Å². The van der Waals surface area contributed by atoms with Crippen molar-refractivity contribution in [2.24, 2.45) is 5.92 Å². The van der Waals surface area contributed by atoms with E-state index in [9.17, 15) is 13.2 Å². The Labute approximate surface area is 122 Å². The minimum atomic E-state index is -3.89. The monoisotopic (exact) mass is 309 g/mol. The first kappa shape index (κ1) is 19.3. The number of carbonyl (C=O) groups excluding carboxylic acids is 1. The Hall–Kier alpha value is -0.660. The Morgan fingerprint density at radius 3 is 2.15 bits per heavy atom. The third kappa shape index (κ3) is 7.81. The molecule has 0 aromatic heterocycles. The van der Waals surface area contributed by atoms with Crippen molar-refractivity contribution in [3.05, 3.63) is 0 Å². The van der Waals surface area contributed by atoms with Crippen molar-refractivity contribution in [1.29, 1.82) is 0 Å². The minimum Gasteiger partial charge on any atom is -0.350 e. The highest BCUT2D eigenvalue weighted by Crippen LogP contribution is 2.08. The zero-order valence-electron chi connectivity index (χ0n) is 13.1. The summed E-state index contributed by atoms with van der Waals surface area (Å²) in [5.41, 5.74) is 0. The van der Waals surface area contributed by atoms with Crippen LogP contribution >= 0.6 is 0 Å². The topological polar surface area (TPSA) is 83.5 Å². The summed E-state index contributed by atoms with van der Waals surface area (Å²) in [6.07, 6.45) is 0.429. The second-order valence-electron chi connectivity index (χ2n) is 5.51. The first-order valence-electron chi connectivity index (χ1n) is 7.23. The van der Waals surface area contributed by atoms with Crippen LogP contribution in [0.25, 0.3) is 0 Å². The molecule has 1 amide bonds. The predicted octanol–water partition coefficient (Wildman–Crippen LogP) is 0.893. The predicted molar refractivity (Wildman–Crippen MR) is 80.0 cm³/mol. The molecule has 7 heteroatoms. The molecule has 0 fully saturated rings. The Bertz CT molecular complexity index is 389. The van der Waals surface area contributed by atoms with Crippen LogP contribution in [0.4, 0.5) is 0 Å². The van der Waals surface area contributed by atoms with Crippen molar-refractivity contribution in [3.8, 4) is 0 Å². The van der Waals surface area contributed by atoms with E-state index < -0.39 is 10.1 Å². The molecule has 0 saturated carbocycles. The molecule has 0 unspecified atom stereocenters. The van der Waals surface area contributed by atoms with Gasteiger partial charge in [-0.2, -0.15) is 8.42 Å². The van der Waals surface area contributed by atoms with Crippen molar-refractivity contribution in [3.63, 3.8) is 0 Å². The molecule has 6 nitrogen and oxygen atoms in total. The van der Waals surface area contributed by atoms with E-state index in [2.05, 4.69) is 19.2 Å². The standard InChI is InChI=1S/C13H28N2O4S/c1-5-15(6-2,9-7-11-20(17,18)19)10-8-14-13(16)12(3)4/h12H,5-11H2,1-4H3,(H-,14,16,17,18,19)/p+1. The highest BCUT2D eigenvalue weighted by atomic mass is 32.2. The normalized spacial score (nSPS) is 12.7. The molecule has 120 valence electrons. The van der Waals surface area contributed by atoms with Gasteiger partial charge in [-0.15, -0.1) is 0 Å². The number of hydrogen-bond donors (Lipinski definition) is 2. The van der Waals surface area contributed by atoms with E-state index in [1.165, 1.54) is 0 Å². The van der Waals surface area contributed by atoms with E-state index in [0.29, 0.717) is 19.5 Å². The summed E-state index contributed by atoms with van der Waals surface area (Å²) in [5, 5.41) is 2.89. The number of hydrogen-bond acceptors (Lipinski definition) is 3. The Balaban J connectivity index is 4.34. The van der Waals surface area contributed by atoms with Crippen molar-refractivity contribution < 1.29 is 22.2 Å². The highest BCUT2D eigenvalue weighted by molar-refractivity contribution is 7.85. The molecule has 0 rings (SSSR count). The van der Waals surface area contributed by atoms with Crippen LogP contribution in [0.3, 0.4) is 0 Å². The maximum absolute atomic E-state index is 11.5. The molecule has 0 aromatic rings. The minimum absolute atomic E-state index is 0.0281. The number of carbonyl (C=O) groups is 1. The van der Waals surface area contributed by atoms with E-state index in [1.54, 1.807) is 0 Å². The third-order valence-corrected chi connectivity index (χ3v) is 4.59. The second-order valence-corrected chi connectivity index (χ2v) is 7.08. The molecule has 0 aliphatic rings. The fourth-order valence-corrected chi connectivity index (χ4v) is 2.66. The van der Waals surface area contributed by atoms with E-state index in [-0.39, 0.29) is 17.6 Å². The maximum atomic E-state index is 11.5. The number of rotatable bonds is 10. The quantitative estimate of drug-likeness (QED) is 0.464. The van der Waals surface area contributed by atoms with E-state index in [1.807, 2.05) is 13.8 Å². The van der Waals surface area contributed by atoms with Crippen molar-refractivity contribution in [2.75, 3.05) is 38.5 Å². The zero-order chi connectivity index (χ0) is 15.8. The molecule has 0 aromatic carbocycles. The van der Waals surface area contributed by atoms with Crippen LogP contribution in [-0.2, 0) is 14.9 Å². The molecule has 0 aliphatic heterocycles. The van der Waals surface area contributed by atoms with Crippen molar-refractivity contribution in [1.82, 2.24) is 5.32 Å². The van der Waals surface area contributed by atoms with Gasteiger partial charge < -0.3 is 9.80 Å². The van der Waals surface area contributed by atoms with Crippen LogP contribution in [0.2, 0.25) is 0 Å². The molecule has 0 atom stereocenters. The van der Waals surface area contributed by atoms with Gasteiger partial charge >= 0.3 is 0 Å². The fourth-order valence-electron chi connectivity index (χ4n) is 2.17. The van der Waals surface area contributed by atoms with Gasteiger partial charge in [-0.1, -0.05) is 13.8 Å². The fraction of sp³-hybridized carbons (Fsp3) is 0.923. The molecule has 0 radical (unpaired) electrons. The number of quaternary nitrogens is 1. The number of nitrogens with zero attached hydrogens (tertiary/aromatic N) is 1. The smallest absolute Gasteiger partial charge is 0.265 e. The molecule has 0 saturated heterocycles. The van der Waals surface area contributed by atoms with Gasteiger partial charge in [0.1, 0.15) is 0 Å². The lowest BCUT2D eigenvalue weighted by Gasteiger charge is -2.37. The van der Waals surface area contributed by atoms with Gasteiger partial charge in [0, 0.05) is 12.3 Å². The van der Waals surface area contributed by atoms with Crippen molar-refractivity contribution >= 4 is 16.0 Å². The summed E-state index contributed by atoms with van der Waals surface area (Å²) in [6, 6.07) is 0. The lowest BCUT2D eigenvalue weighted by atomic mass is 10.2. The van der Waals surface area contributed by atoms with Crippen LogP contribution in [0, 0.1) is 5.92 Å². The molecule has 0 spiro atoms. The number of amides is 1. The summed E-state index contributed by atoms with van der Waals surface area (Å²) in [5.74, 6) is -0.196. The lowest BCUT2D eigenvalue weighted by molar-refractivity contribution is -0.923. The third-order valence-electron chi connectivity index (χ3n) is 3.79. The van der Waals surface area contributed by atoms with Gasteiger partial charge in [-0.25, -0.2) is 0 Å². The summed E-state index contributed by atoms with van der Waals surface area (Å²) < 4.78 is 31.0. The summed E-state index contributed by atoms with van der Waals surface area (Å²) in [7, 11) is -3.89. The molecule has 2 N–H and O–H groups in total. The average Bonchev–Trinajstić information content (AvgIpc) is 2.35. The zero-order valence-corrected chi connectivity index (χ0v) is 13.9. The first-order valence-corrected chi connectivity index (χ1v) is 8.84. The maximum Gasteiger partial charge on any atom is 0.265 e. The Morgan fingerprint density at radius 1 is 1.20 bits per heavy atom.